The normalized spacial score (nSPS) is 15.9. The van der Waals surface area contributed by atoms with Gasteiger partial charge < -0.3 is 5.32 Å². The maximum atomic E-state index is 3.49. The van der Waals surface area contributed by atoms with Gasteiger partial charge in [-0.2, -0.15) is 0 Å². The summed E-state index contributed by atoms with van der Waals surface area (Å²) in [7, 11) is 2.11. The second-order valence-electron chi connectivity index (χ2n) is 4.58. The third-order valence-electron chi connectivity index (χ3n) is 3.54. The molecule has 0 saturated heterocycles. The Bertz CT molecular complexity index is 118. The largest absolute Gasteiger partial charge is 0.317 e. The fourth-order valence-corrected chi connectivity index (χ4v) is 2.27. The van der Waals surface area contributed by atoms with Crippen LogP contribution in [0.25, 0.3) is 0 Å². The zero-order valence-corrected chi connectivity index (χ0v) is 10.8. The molecule has 0 saturated carbocycles. The van der Waals surface area contributed by atoms with Gasteiger partial charge in [0.25, 0.3) is 0 Å². The lowest BCUT2D eigenvalue weighted by Gasteiger charge is -2.27. The predicted octanol–water partition coefficient (Wildman–Crippen LogP) is 3.84. The molecule has 2 unspecified atom stereocenters. The molecule has 0 aliphatic heterocycles. The van der Waals surface area contributed by atoms with Crippen LogP contribution in [0.5, 0.6) is 0 Å². The van der Waals surface area contributed by atoms with Gasteiger partial charge in [0, 0.05) is 6.04 Å². The van der Waals surface area contributed by atoms with Crippen molar-refractivity contribution in [3.63, 3.8) is 0 Å². The molecule has 14 heavy (non-hydrogen) atoms. The molecule has 0 aromatic heterocycles. The van der Waals surface area contributed by atoms with Gasteiger partial charge in [-0.25, -0.2) is 0 Å². The maximum Gasteiger partial charge on any atom is 0.00923 e. The van der Waals surface area contributed by atoms with Crippen LogP contribution in [-0.4, -0.2) is 13.1 Å². The first-order chi connectivity index (χ1) is 6.69. The summed E-state index contributed by atoms with van der Waals surface area (Å²) >= 11 is 0. The molecular weight excluding hydrogens is 170 g/mol. The number of hydrogen-bond donors (Lipinski definition) is 1. The van der Waals surface area contributed by atoms with E-state index in [1.54, 1.807) is 0 Å². The monoisotopic (exact) mass is 199 g/mol. The standard InChI is InChI=1S/C13H29N/c1-6-9-11(4)13(14-5)10-12(7-2)8-3/h11-14H,6-10H2,1-5H3. The van der Waals surface area contributed by atoms with Crippen molar-refractivity contribution in [2.45, 2.75) is 65.8 Å². The molecule has 0 amide bonds. The van der Waals surface area contributed by atoms with Gasteiger partial charge in [-0.15, -0.1) is 0 Å². The van der Waals surface area contributed by atoms with Crippen molar-refractivity contribution >= 4 is 0 Å². The van der Waals surface area contributed by atoms with Crippen LogP contribution in [0.2, 0.25) is 0 Å². The molecule has 86 valence electrons. The van der Waals surface area contributed by atoms with E-state index >= 15 is 0 Å². The molecule has 0 spiro atoms. The summed E-state index contributed by atoms with van der Waals surface area (Å²) < 4.78 is 0. The first-order valence-corrected chi connectivity index (χ1v) is 6.36. The third kappa shape index (κ3) is 4.99. The van der Waals surface area contributed by atoms with Crippen molar-refractivity contribution in [2.75, 3.05) is 7.05 Å². The van der Waals surface area contributed by atoms with E-state index in [9.17, 15) is 0 Å². The average molecular weight is 199 g/mol. The lowest BCUT2D eigenvalue weighted by atomic mass is 9.87. The molecule has 1 N–H and O–H groups in total. The second-order valence-corrected chi connectivity index (χ2v) is 4.58. The van der Waals surface area contributed by atoms with E-state index in [1.165, 1.54) is 32.1 Å². The lowest BCUT2D eigenvalue weighted by Crippen LogP contribution is -2.34. The molecule has 0 fully saturated rings. The molecule has 0 aromatic carbocycles. The Kier molecular flexibility index (Phi) is 8.26. The highest BCUT2D eigenvalue weighted by atomic mass is 14.9. The molecule has 0 radical (unpaired) electrons. The van der Waals surface area contributed by atoms with Crippen LogP contribution in [0.4, 0.5) is 0 Å². The Labute approximate surface area is 90.7 Å². The first kappa shape index (κ1) is 14.0. The highest BCUT2D eigenvalue weighted by Gasteiger charge is 2.17. The van der Waals surface area contributed by atoms with E-state index in [-0.39, 0.29) is 0 Å². The van der Waals surface area contributed by atoms with Gasteiger partial charge in [-0.05, 0) is 31.7 Å². The van der Waals surface area contributed by atoms with Crippen molar-refractivity contribution < 1.29 is 0 Å². The smallest absolute Gasteiger partial charge is 0.00923 e. The fraction of sp³-hybridized carbons (Fsp3) is 1.00. The fourth-order valence-electron chi connectivity index (χ4n) is 2.27. The zero-order chi connectivity index (χ0) is 11.0. The quantitative estimate of drug-likeness (QED) is 0.626. The van der Waals surface area contributed by atoms with Crippen molar-refractivity contribution in [1.29, 1.82) is 0 Å². The van der Waals surface area contributed by atoms with Crippen LogP contribution in [0.3, 0.4) is 0 Å². The van der Waals surface area contributed by atoms with E-state index in [0.29, 0.717) is 0 Å². The van der Waals surface area contributed by atoms with Gasteiger partial charge in [-0.3, -0.25) is 0 Å². The summed E-state index contributed by atoms with van der Waals surface area (Å²) in [5.74, 6) is 1.73. The molecule has 0 rings (SSSR count). The third-order valence-corrected chi connectivity index (χ3v) is 3.54. The van der Waals surface area contributed by atoms with Gasteiger partial charge in [0.15, 0.2) is 0 Å². The molecule has 0 bridgehead atoms. The highest BCUT2D eigenvalue weighted by Crippen LogP contribution is 2.21. The van der Waals surface area contributed by atoms with Crippen molar-refractivity contribution in [3.8, 4) is 0 Å². The minimum absolute atomic E-state index is 0.722. The zero-order valence-electron chi connectivity index (χ0n) is 10.8. The highest BCUT2D eigenvalue weighted by molar-refractivity contribution is 4.74. The van der Waals surface area contributed by atoms with E-state index in [2.05, 4.69) is 40.1 Å². The Hall–Kier alpha value is -0.0400. The Morgan fingerprint density at radius 3 is 2.00 bits per heavy atom. The van der Waals surface area contributed by atoms with Gasteiger partial charge in [-0.1, -0.05) is 47.0 Å². The molecule has 0 aromatic rings. The number of rotatable bonds is 8. The molecule has 0 aliphatic carbocycles. The topological polar surface area (TPSA) is 12.0 Å². The van der Waals surface area contributed by atoms with E-state index in [0.717, 1.165) is 17.9 Å². The summed E-state index contributed by atoms with van der Waals surface area (Å²) in [5, 5.41) is 3.49. The Morgan fingerprint density at radius 2 is 1.64 bits per heavy atom. The SMILES string of the molecule is CCCC(C)C(CC(CC)CC)NC. The number of hydrogen-bond acceptors (Lipinski definition) is 1. The van der Waals surface area contributed by atoms with Crippen LogP contribution >= 0.6 is 0 Å². The Morgan fingerprint density at radius 1 is 1.07 bits per heavy atom. The van der Waals surface area contributed by atoms with Gasteiger partial charge in [0.05, 0.1) is 0 Å². The minimum Gasteiger partial charge on any atom is -0.317 e. The van der Waals surface area contributed by atoms with Crippen LogP contribution in [0, 0.1) is 11.8 Å². The Balaban J connectivity index is 3.98. The number of nitrogens with one attached hydrogen (secondary N) is 1. The predicted molar refractivity (Wildman–Crippen MR) is 65.6 cm³/mol. The van der Waals surface area contributed by atoms with Crippen molar-refractivity contribution in [2.24, 2.45) is 11.8 Å². The van der Waals surface area contributed by atoms with Crippen molar-refractivity contribution in [3.05, 3.63) is 0 Å². The maximum absolute atomic E-state index is 3.49. The molecule has 1 nitrogen and oxygen atoms in total. The first-order valence-electron chi connectivity index (χ1n) is 6.36. The minimum atomic E-state index is 0.722. The van der Waals surface area contributed by atoms with Crippen molar-refractivity contribution in [1.82, 2.24) is 5.32 Å². The average Bonchev–Trinajstić information content (AvgIpc) is 2.20. The van der Waals surface area contributed by atoms with E-state index < -0.39 is 0 Å². The van der Waals surface area contributed by atoms with Crippen LogP contribution in [0.15, 0.2) is 0 Å². The molecule has 0 heterocycles. The summed E-state index contributed by atoms with van der Waals surface area (Å²) in [6, 6.07) is 0.722. The molecule has 2 atom stereocenters. The summed E-state index contributed by atoms with van der Waals surface area (Å²) in [5.41, 5.74) is 0. The van der Waals surface area contributed by atoms with Gasteiger partial charge in [0.1, 0.15) is 0 Å². The lowest BCUT2D eigenvalue weighted by molar-refractivity contribution is 0.296. The molecular formula is C13H29N. The van der Waals surface area contributed by atoms with Gasteiger partial charge in [0.2, 0.25) is 0 Å². The van der Waals surface area contributed by atoms with E-state index in [4.69, 9.17) is 0 Å². The van der Waals surface area contributed by atoms with Crippen LogP contribution < -0.4 is 5.32 Å². The van der Waals surface area contributed by atoms with E-state index in [1.807, 2.05) is 0 Å². The van der Waals surface area contributed by atoms with Gasteiger partial charge >= 0.3 is 0 Å². The second kappa shape index (κ2) is 8.28. The summed E-state index contributed by atoms with van der Waals surface area (Å²) in [6.45, 7) is 9.28. The van der Waals surface area contributed by atoms with Crippen LogP contribution in [0.1, 0.15) is 59.8 Å². The summed E-state index contributed by atoms with van der Waals surface area (Å²) in [4.78, 5) is 0. The summed E-state index contributed by atoms with van der Waals surface area (Å²) in [6.07, 6.45) is 6.67. The molecule has 0 aliphatic rings. The molecule has 1 heteroatoms. The van der Waals surface area contributed by atoms with Crippen LogP contribution in [-0.2, 0) is 0 Å².